The molecule has 5 nitrogen and oxygen atoms in total. The molecule has 0 bridgehead atoms. The lowest BCUT2D eigenvalue weighted by atomic mass is 10.0. The highest BCUT2D eigenvalue weighted by Crippen LogP contribution is 2.12. The number of allylic oxidation sites excluding steroid dienone is 2. The van der Waals surface area contributed by atoms with Crippen LogP contribution in [0.2, 0.25) is 0 Å². The van der Waals surface area contributed by atoms with E-state index in [0.29, 0.717) is 6.42 Å². The maximum atomic E-state index is 11.9. The lowest BCUT2D eigenvalue weighted by molar-refractivity contribution is -0.158. The predicted molar refractivity (Wildman–Crippen MR) is 113 cm³/mol. The average molecular weight is 399 g/mol. The third-order valence-corrected chi connectivity index (χ3v) is 4.86. The minimum atomic E-state index is -1.25. The number of aliphatic hydroxyl groups excluding tert-OH is 2. The standard InChI is InChI=1S/C23H42O5/c1-3-4-5-6-7-8-9-10-11-12-13-14-15-16-17-18-21(26)23(27)22(19-24)28-20(2)25/h10-11,21-22,24,26H,3-9,12-19H2,1-2H3. The van der Waals surface area contributed by atoms with Crippen molar-refractivity contribution >= 4 is 11.8 Å². The molecule has 0 aromatic carbocycles. The molecule has 164 valence electrons. The Kier molecular flexibility index (Phi) is 18.3. The van der Waals surface area contributed by atoms with E-state index in [0.717, 1.165) is 32.1 Å². The Labute approximate surface area is 171 Å². The van der Waals surface area contributed by atoms with Gasteiger partial charge in [-0.1, -0.05) is 76.9 Å². The van der Waals surface area contributed by atoms with Crippen LogP contribution in [0.3, 0.4) is 0 Å². The van der Waals surface area contributed by atoms with E-state index in [1.165, 1.54) is 58.3 Å². The predicted octanol–water partition coefficient (Wildman–Crippen LogP) is 4.88. The van der Waals surface area contributed by atoms with Crippen LogP contribution in [0, 0.1) is 0 Å². The first-order chi connectivity index (χ1) is 13.5. The maximum absolute atomic E-state index is 11.9. The Balaban J connectivity index is 3.54. The van der Waals surface area contributed by atoms with Crippen molar-refractivity contribution in [1.29, 1.82) is 0 Å². The molecule has 0 aliphatic heterocycles. The van der Waals surface area contributed by atoms with Crippen LogP contribution in [0.1, 0.15) is 104 Å². The summed E-state index contributed by atoms with van der Waals surface area (Å²) in [7, 11) is 0. The second-order valence-corrected chi connectivity index (χ2v) is 7.57. The zero-order valence-corrected chi connectivity index (χ0v) is 18.0. The van der Waals surface area contributed by atoms with Crippen LogP contribution >= 0.6 is 0 Å². The summed E-state index contributed by atoms with van der Waals surface area (Å²) in [5.74, 6) is -1.26. The Morgan fingerprint density at radius 3 is 1.86 bits per heavy atom. The van der Waals surface area contributed by atoms with Crippen LogP contribution in [0.5, 0.6) is 0 Å². The smallest absolute Gasteiger partial charge is 0.303 e. The minimum Gasteiger partial charge on any atom is -0.452 e. The maximum Gasteiger partial charge on any atom is 0.303 e. The fourth-order valence-corrected chi connectivity index (χ4v) is 3.15. The number of hydrogen-bond acceptors (Lipinski definition) is 5. The summed E-state index contributed by atoms with van der Waals surface area (Å²) in [5, 5.41) is 19.0. The first-order valence-electron chi connectivity index (χ1n) is 11.2. The molecule has 0 radical (unpaired) electrons. The molecule has 0 heterocycles. The number of esters is 1. The van der Waals surface area contributed by atoms with Crippen LogP contribution in [0.25, 0.3) is 0 Å². The van der Waals surface area contributed by atoms with Gasteiger partial charge in [-0.25, -0.2) is 0 Å². The minimum absolute atomic E-state index is 0.342. The third kappa shape index (κ3) is 15.8. The summed E-state index contributed by atoms with van der Waals surface area (Å²) in [6, 6.07) is 0. The average Bonchev–Trinajstić information content (AvgIpc) is 2.68. The van der Waals surface area contributed by atoms with Gasteiger partial charge in [-0.05, 0) is 32.1 Å². The summed E-state index contributed by atoms with van der Waals surface area (Å²) in [6.07, 6.45) is 18.0. The number of hydrogen-bond donors (Lipinski definition) is 2. The summed E-state index contributed by atoms with van der Waals surface area (Å²) < 4.78 is 4.71. The molecule has 2 unspecified atom stereocenters. The number of Topliss-reactive ketones (excluding diaryl/α,β-unsaturated/α-hetero) is 1. The van der Waals surface area contributed by atoms with Crippen molar-refractivity contribution in [2.24, 2.45) is 0 Å². The van der Waals surface area contributed by atoms with Crippen LogP contribution in [0.15, 0.2) is 12.2 Å². The molecular formula is C23H42O5. The van der Waals surface area contributed by atoms with Gasteiger partial charge in [0.05, 0.1) is 6.61 Å². The molecule has 28 heavy (non-hydrogen) atoms. The van der Waals surface area contributed by atoms with Crippen LogP contribution in [0.4, 0.5) is 0 Å². The summed E-state index contributed by atoms with van der Waals surface area (Å²) in [4.78, 5) is 22.8. The third-order valence-electron chi connectivity index (χ3n) is 4.86. The lowest BCUT2D eigenvalue weighted by Gasteiger charge is -2.17. The number of rotatable bonds is 19. The second kappa shape index (κ2) is 19.1. The molecule has 0 aliphatic rings. The Morgan fingerprint density at radius 2 is 1.36 bits per heavy atom. The van der Waals surface area contributed by atoms with Gasteiger partial charge < -0.3 is 14.9 Å². The van der Waals surface area contributed by atoms with E-state index >= 15 is 0 Å². The van der Waals surface area contributed by atoms with Gasteiger partial charge in [0.15, 0.2) is 6.10 Å². The molecule has 2 atom stereocenters. The molecule has 0 saturated heterocycles. The number of aliphatic hydroxyl groups is 2. The number of unbranched alkanes of at least 4 members (excludes halogenated alkanes) is 11. The molecule has 0 fully saturated rings. The quantitative estimate of drug-likeness (QED) is 0.184. The number of carbonyl (C=O) groups excluding carboxylic acids is 2. The summed E-state index contributed by atoms with van der Waals surface area (Å²) >= 11 is 0. The van der Waals surface area contributed by atoms with E-state index in [9.17, 15) is 14.7 Å². The van der Waals surface area contributed by atoms with Gasteiger partial charge in [0.2, 0.25) is 5.78 Å². The molecule has 0 rings (SSSR count). The zero-order valence-electron chi connectivity index (χ0n) is 18.0. The molecule has 0 aromatic rings. The number of ketones is 1. The van der Waals surface area contributed by atoms with E-state index in [1.807, 2.05) is 0 Å². The summed E-state index contributed by atoms with van der Waals surface area (Å²) in [6.45, 7) is 2.82. The van der Waals surface area contributed by atoms with Crippen molar-refractivity contribution in [3.63, 3.8) is 0 Å². The number of carbonyl (C=O) groups is 2. The van der Waals surface area contributed by atoms with Gasteiger partial charge in [-0.15, -0.1) is 0 Å². The Bertz CT molecular complexity index is 419. The summed E-state index contributed by atoms with van der Waals surface area (Å²) in [5.41, 5.74) is 0. The fraction of sp³-hybridized carbons (Fsp3) is 0.826. The molecule has 2 N–H and O–H groups in total. The van der Waals surface area contributed by atoms with Crippen LogP contribution < -0.4 is 0 Å². The first-order valence-corrected chi connectivity index (χ1v) is 11.2. The van der Waals surface area contributed by atoms with Crippen molar-refractivity contribution in [3.05, 3.63) is 12.2 Å². The van der Waals surface area contributed by atoms with Crippen LogP contribution in [-0.4, -0.2) is 40.8 Å². The highest BCUT2D eigenvalue weighted by molar-refractivity contribution is 5.88. The van der Waals surface area contributed by atoms with Crippen molar-refractivity contribution in [3.8, 4) is 0 Å². The van der Waals surface area contributed by atoms with Crippen molar-refractivity contribution in [1.82, 2.24) is 0 Å². The van der Waals surface area contributed by atoms with Gasteiger partial charge in [-0.3, -0.25) is 9.59 Å². The zero-order chi connectivity index (χ0) is 21.0. The van der Waals surface area contributed by atoms with Crippen molar-refractivity contribution in [2.45, 2.75) is 116 Å². The van der Waals surface area contributed by atoms with Gasteiger partial charge in [0.25, 0.3) is 0 Å². The van der Waals surface area contributed by atoms with Crippen molar-refractivity contribution in [2.75, 3.05) is 6.61 Å². The monoisotopic (exact) mass is 398 g/mol. The normalized spacial score (nSPS) is 13.6. The van der Waals surface area contributed by atoms with E-state index in [1.54, 1.807) is 0 Å². The van der Waals surface area contributed by atoms with E-state index in [2.05, 4.69) is 19.1 Å². The Hall–Kier alpha value is -1.20. The second-order valence-electron chi connectivity index (χ2n) is 7.57. The SMILES string of the molecule is CCCCCCCCC=CCCCCCCCC(O)C(=O)C(CO)OC(C)=O. The van der Waals surface area contributed by atoms with E-state index in [-0.39, 0.29) is 0 Å². The van der Waals surface area contributed by atoms with Gasteiger partial charge in [0, 0.05) is 6.92 Å². The molecule has 0 aliphatic carbocycles. The number of ether oxygens (including phenoxy) is 1. The molecule has 0 amide bonds. The molecule has 5 heteroatoms. The Morgan fingerprint density at radius 1 is 0.857 bits per heavy atom. The van der Waals surface area contributed by atoms with Crippen molar-refractivity contribution < 1.29 is 24.5 Å². The lowest BCUT2D eigenvalue weighted by Crippen LogP contribution is -2.37. The van der Waals surface area contributed by atoms with Gasteiger partial charge >= 0.3 is 5.97 Å². The molecule has 0 saturated carbocycles. The largest absolute Gasteiger partial charge is 0.452 e. The molecule has 0 spiro atoms. The molecular weight excluding hydrogens is 356 g/mol. The van der Waals surface area contributed by atoms with E-state index < -0.39 is 30.6 Å². The van der Waals surface area contributed by atoms with Crippen LogP contribution in [-0.2, 0) is 14.3 Å². The molecule has 0 aromatic heterocycles. The highest BCUT2D eigenvalue weighted by atomic mass is 16.6. The highest BCUT2D eigenvalue weighted by Gasteiger charge is 2.26. The fourth-order valence-electron chi connectivity index (χ4n) is 3.15. The first kappa shape index (κ1) is 26.8. The topological polar surface area (TPSA) is 83.8 Å². The van der Waals surface area contributed by atoms with Gasteiger partial charge in [0.1, 0.15) is 6.10 Å². The van der Waals surface area contributed by atoms with E-state index in [4.69, 9.17) is 9.84 Å². The van der Waals surface area contributed by atoms with Gasteiger partial charge in [-0.2, -0.15) is 0 Å².